The molecule has 0 aliphatic carbocycles. The van der Waals surface area contributed by atoms with Crippen molar-refractivity contribution < 1.29 is 9.53 Å². The van der Waals surface area contributed by atoms with Crippen molar-refractivity contribution in [2.45, 2.75) is 25.5 Å². The summed E-state index contributed by atoms with van der Waals surface area (Å²) >= 11 is 0. The van der Waals surface area contributed by atoms with Gasteiger partial charge in [-0.25, -0.2) is 4.68 Å². The summed E-state index contributed by atoms with van der Waals surface area (Å²) in [6.07, 6.45) is 4.11. The summed E-state index contributed by atoms with van der Waals surface area (Å²) in [5.41, 5.74) is 1.14. The predicted molar refractivity (Wildman–Crippen MR) is 88.2 cm³/mol. The second kappa shape index (κ2) is 7.89. The molecule has 6 nitrogen and oxygen atoms in total. The maximum absolute atomic E-state index is 12.0. The molecule has 0 radical (unpaired) electrons. The number of hydrogen-bond acceptors (Lipinski definition) is 4. The highest BCUT2D eigenvalue weighted by molar-refractivity contribution is 5.91. The molecule has 1 fully saturated rings. The Bertz CT molecular complexity index is 621. The Morgan fingerprint density at radius 1 is 1.30 bits per heavy atom. The van der Waals surface area contributed by atoms with Crippen LogP contribution in [0.4, 0.5) is 5.82 Å². The minimum absolute atomic E-state index is 0.0715. The van der Waals surface area contributed by atoms with Crippen LogP contribution in [0.2, 0.25) is 0 Å². The van der Waals surface area contributed by atoms with E-state index < -0.39 is 0 Å². The minimum Gasteiger partial charge on any atom is -0.377 e. The Morgan fingerprint density at radius 3 is 2.96 bits per heavy atom. The quantitative estimate of drug-likeness (QED) is 0.815. The summed E-state index contributed by atoms with van der Waals surface area (Å²) < 4.78 is 7.30. The second-order valence-corrected chi connectivity index (χ2v) is 5.67. The van der Waals surface area contributed by atoms with Gasteiger partial charge in [-0.05, 0) is 18.4 Å². The first-order chi connectivity index (χ1) is 11.3. The maximum atomic E-state index is 12.0. The zero-order chi connectivity index (χ0) is 15.9. The fourth-order valence-corrected chi connectivity index (χ4v) is 2.66. The third-order valence-electron chi connectivity index (χ3n) is 3.84. The van der Waals surface area contributed by atoms with Gasteiger partial charge in [0.1, 0.15) is 5.82 Å². The van der Waals surface area contributed by atoms with Gasteiger partial charge in [-0.2, -0.15) is 5.10 Å². The molecule has 2 aromatic rings. The summed E-state index contributed by atoms with van der Waals surface area (Å²) in [6.45, 7) is 2.46. The van der Waals surface area contributed by atoms with Gasteiger partial charge in [0, 0.05) is 19.2 Å². The number of carbonyl (C=O) groups is 1. The van der Waals surface area contributed by atoms with Gasteiger partial charge in [0.05, 0.1) is 25.4 Å². The number of hydrogen-bond donors (Lipinski definition) is 2. The van der Waals surface area contributed by atoms with Crippen LogP contribution >= 0.6 is 0 Å². The summed E-state index contributed by atoms with van der Waals surface area (Å²) in [7, 11) is 0. The SMILES string of the molecule is O=C(CNCC1CCCO1)Nc1ccnn1Cc1ccccc1. The number of carbonyl (C=O) groups excluding carboxylic acids is 1. The van der Waals surface area contributed by atoms with Gasteiger partial charge >= 0.3 is 0 Å². The highest BCUT2D eigenvalue weighted by atomic mass is 16.5. The van der Waals surface area contributed by atoms with E-state index in [1.54, 1.807) is 16.9 Å². The normalized spacial score (nSPS) is 17.3. The monoisotopic (exact) mass is 314 g/mol. The average Bonchev–Trinajstić information content (AvgIpc) is 3.21. The Balaban J connectivity index is 1.47. The molecule has 0 bridgehead atoms. The molecule has 2 heterocycles. The molecule has 1 aliphatic rings. The van der Waals surface area contributed by atoms with E-state index in [0.29, 0.717) is 12.4 Å². The molecule has 122 valence electrons. The number of ether oxygens (including phenoxy) is 1. The van der Waals surface area contributed by atoms with E-state index in [1.165, 1.54) is 0 Å². The fraction of sp³-hybridized carbons (Fsp3) is 0.412. The zero-order valence-electron chi connectivity index (χ0n) is 13.1. The van der Waals surface area contributed by atoms with Crippen molar-refractivity contribution in [3.05, 3.63) is 48.2 Å². The van der Waals surface area contributed by atoms with Crippen molar-refractivity contribution >= 4 is 11.7 Å². The van der Waals surface area contributed by atoms with Crippen LogP contribution < -0.4 is 10.6 Å². The van der Waals surface area contributed by atoms with E-state index in [0.717, 1.165) is 31.6 Å². The predicted octanol–water partition coefficient (Wildman–Crippen LogP) is 1.64. The molecule has 0 spiro atoms. The molecule has 1 unspecified atom stereocenters. The smallest absolute Gasteiger partial charge is 0.239 e. The van der Waals surface area contributed by atoms with Crippen LogP contribution in [0.1, 0.15) is 18.4 Å². The number of aromatic nitrogens is 2. The standard InChI is InChI=1S/C17H22N4O2/c22-17(12-18-11-15-7-4-10-23-15)20-16-8-9-19-21(16)13-14-5-2-1-3-6-14/h1-3,5-6,8-9,15,18H,4,7,10-13H2,(H,20,22). The van der Waals surface area contributed by atoms with Crippen LogP contribution in [0, 0.1) is 0 Å². The third kappa shape index (κ3) is 4.64. The first kappa shape index (κ1) is 15.7. The van der Waals surface area contributed by atoms with E-state index in [1.807, 2.05) is 30.3 Å². The van der Waals surface area contributed by atoms with Crippen molar-refractivity contribution in [1.82, 2.24) is 15.1 Å². The molecular formula is C17H22N4O2. The van der Waals surface area contributed by atoms with E-state index >= 15 is 0 Å². The van der Waals surface area contributed by atoms with E-state index in [4.69, 9.17) is 4.74 Å². The Labute approximate surface area is 135 Å². The van der Waals surface area contributed by atoms with E-state index in [-0.39, 0.29) is 18.6 Å². The molecule has 1 aliphatic heterocycles. The summed E-state index contributed by atoms with van der Waals surface area (Å²) in [5, 5.41) is 10.3. The van der Waals surface area contributed by atoms with Crippen molar-refractivity contribution in [3.8, 4) is 0 Å². The zero-order valence-corrected chi connectivity index (χ0v) is 13.1. The van der Waals surface area contributed by atoms with Gasteiger partial charge < -0.3 is 15.4 Å². The van der Waals surface area contributed by atoms with Crippen LogP contribution in [0.15, 0.2) is 42.6 Å². The lowest BCUT2D eigenvalue weighted by Crippen LogP contribution is -2.34. The molecule has 1 aromatic carbocycles. The Kier molecular flexibility index (Phi) is 5.39. The maximum Gasteiger partial charge on any atom is 0.239 e. The number of benzene rings is 1. The van der Waals surface area contributed by atoms with E-state index in [9.17, 15) is 4.79 Å². The van der Waals surface area contributed by atoms with Gasteiger partial charge in [-0.3, -0.25) is 4.79 Å². The topological polar surface area (TPSA) is 68.2 Å². The molecule has 2 N–H and O–H groups in total. The Hall–Kier alpha value is -2.18. The lowest BCUT2D eigenvalue weighted by Gasteiger charge is -2.12. The molecule has 6 heteroatoms. The molecule has 1 amide bonds. The number of anilines is 1. The first-order valence-electron chi connectivity index (χ1n) is 7.99. The van der Waals surface area contributed by atoms with Gasteiger partial charge in [0.15, 0.2) is 0 Å². The fourth-order valence-electron chi connectivity index (χ4n) is 2.66. The number of nitrogens with one attached hydrogen (secondary N) is 2. The first-order valence-corrected chi connectivity index (χ1v) is 7.99. The van der Waals surface area contributed by atoms with Gasteiger partial charge in [-0.15, -0.1) is 0 Å². The third-order valence-corrected chi connectivity index (χ3v) is 3.84. The molecular weight excluding hydrogens is 292 g/mol. The van der Waals surface area contributed by atoms with Crippen molar-refractivity contribution in [2.75, 3.05) is 25.0 Å². The average molecular weight is 314 g/mol. The number of amides is 1. The van der Waals surface area contributed by atoms with Crippen molar-refractivity contribution in [3.63, 3.8) is 0 Å². The molecule has 1 aromatic heterocycles. The molecule has 23 heavy (non-hydrogen) atoms. The lowest BCUT2D eigenvalue weighted by atomic mass is 10.2. The Morgan fingerprint density at radius 2 is 2.17 bits per heavy atom. The van der Waals surface area contributed by atoms with Gasteiger partial charge in [0.25, 0.3) is 0 Å². The van der Waals surface area contributed by atoms with Crippen LogP contribution in [-0.4, -0.2) is 41.5 Å². The molecule has 1 atom stereocenters. The van der Waals surface area contributed by atoms with Gasteiger partial charge in [0.2, 0.25) is 5.91 Å². The van der Waals surface area contributed by atoms with Crippen LogP contribution in [0.3, 0.4) is 0 Å². The lowest BCUT2D eigenvalue weighted by molar-refractivity contribution is -0.115. The molecule has 1 saturated heterocycles. The van der Waals surface area contributed by atoms with Crippen LogP contribution in [0.25, 0.3) is 0 Å². The van der Waals surface area contributed by atoms with Gasteiger partial charge in [-0.1, -0.05) is 30.3 Å². The van der Waals surface area contributed by atoms with E-state index in [2.05, 4.69) is 15.7 Å². The van der Waals surface area contributed by atoms with Crippen molar-refractivity contribution in [1.29, 1.82) is 0 Å². The second-order valence-electron chi connectivity index (χ2n) is 5.67. The highest BCUT2D eigenvalue weighted by Crippen LogP contribution is 2.11. The summed E-state index contributed by atoms with van der Waals surface area (Å²) in [6, 6.07) is 11.8. The largest absolute Gasteiger partial charge is 0.377 e. The minimum atomic E-state index is -0.0715. The molecule has 3 rings (SSSR count). The number of rotatable bonds is 7. The summed E-state index contributed by atoms with van der Waals surface area (Å²) in [4.78, 5) is 12.0. The molecule has 0 saturated carbocycles. The van der Waals surface area contributed by atoms with Crippen LogP contribution in [-0.2, 0) is 16.1 Å². The summed E-state index contributed by atoms with van der Waals surface area (Å²) in [5.74, 6) is 0.635. The van der Waals surface area contributed by atoms with Crippen molar-refractivity contribution in [2.24, 2.45) is 0 Å². The van der Waals surface area contributed by atoms with Crippen LogP contribution in [0.5, 0.6) is 0 Å². The highest BCUT2D eigenvalue weighted by Gasteiger charge is 2.15. The number of nitrogens with zero attached hydrogens (tertiary/aromatic N) is 2.